The molecule has 0 aliphatic rings. The van der Waals surface area contributed by atoms with Gasteiger partial charge in [0.05, 0.1) is 11.8 Å². The second kappa shape index (κ2) is 5.32. The van der Waals surface area contributed by atoms with E-state index in [4.69, 9.17) is 11.6 Å². The highest BCUT2D eigenvalue weighted by Gasteiger charge is 2.14. The summed E-state index contributed by atoms with van der Waals surface area (Å²) >= 11 is 5.72. The number of hydrogen-bond donors (Lipinski definition) is 1. The summed E-state index contributed by atoms with van der Waals surface area (Å²) in [5.74, 6) is -1.67. The van der Waals surface area contributed by atoms with Crippen LogP contribution in [0, 0.1) is 18.6 Å². The van der Waals surface area contributed by atoms with E-state index in [1.165, 1.54) is 18.2 Å². The third-order valence-electron chi connectivity index (χ3n) is 2.49. The van der Waals surface area contributed by atoms with Gasteiger partial charge >= 0.3 is 0 Å². The summed E-state index contributed by atoms with van der Waals surface area (Å²) in [6, 6.07) is 4.90. The van der Waals surface area contributed by atoms with E-state index in [9.17, 15) is 13.6 Å². The lowest BCUT2D eigenvalue weighted by Crippen LogP contribution is -2.14. The van der Waals surface area contributed by atoms with Crippen molar-refractivity contribution in [1.82, 2.24) is 4.98 Å². The first-order valence-corrected chi connectivity index (χ1v) is 5.73. The summed E-state index contributed by atoms with van der Waals surface area (Å²) < 4.78 is 26.0. The number of carbonyl (C=O) groups excluding carboxylic acids is 1. The highest BCUT2D eigenvalue weighted by atomic mass is 35.5. The topological polar surface area (TPSA) is 42.0 Å². The third-order valence-corrected chi connectivity index (χ3v) is 2.79. The van der Waals surface area contributed by atoms with E-state index < -0.39 is 17.5 Å². The predicted octanol–water partition coefficient (Wildman–Crippen LogP) is 3.57. The number of anilines is 1. The van der Waals surface area contributed by atoms with Gasteiger partial charge in [-0.15, -0.1) is 0 Å². The fourth-order valence-corrected chi connectivity index (χ4v) is 1.73. The van der Waals surface area contributed by atoms with Crippen molar-refractivity contribution in [2.24, 2.45) is 0 Å². The standard InChI is InChI=1S/C13H9ClF2N2O/c1-7-4-8(15)2-3-11(7)18-13(19)10-5-9(16)6-17-12(10)14/h2-6H,1H3,(H,18,19). The lowest BCUT2D eigenvalue weighted by Gasteiger charge is -2.09. The number of hydrogen-bond acceptors (Lipinski definition) is 2. The molecule has 0 radical (unpaired) electrons. The highest BCUT2D eigenvalue weighted by molar-refractivity contribution is 6.33. The van der Waals surface area contributed by atoms with Crippen molar-refractivity contribution >= 4 is 23.2 Å². The number of aromatic nitrogens is 1. The van der Waals surface area contributed by atoms with Crippen LogP contribution in [0.2, 0.25) is 5.15 Å². The van der Waals surface area contributed by atoms with E-state index in [1.807, 2.05) is 0 Å². The summed E-state index contributed by atoms with van der Waals surface area (Å²) in [4.78, 5) is 15.5. The van der Waals surface area contributed by atoms with Gasteiger partial charge in [0.2, 0.25) is 0 Å². The van der Waals surface area contributed by atoms with Crippen molar-refractivity contribution < 1.29 is 13.6 Å². The van der Waals surface area contributed by atoms with Crippen LogP contribution in [0.5, 0.6) is 0 Å². The van der Waals surface area contributed by atoms with Gasteiger partial charge in [-0.3, -0.25) is 4.79 Å². The summed E-state index contributed by atoms with van der Waals surface area (Å²) in [6.45, 7) is 1.64. The molecular weight excluding hydrogens is 274 g/mol. The minimum atomic E-state index is -0.662. The highest BCUT2D eigenvalue weighted by Crippen LogP contribution is 2.19. The van der Waals surface area contributed by atoms with Gasteiger partial charge in [0.1, 0.15) is 16.8 Å². The molecule has 1 aromatic carbocycles. The normalized spacial score (nSPS) is 10.3. The number of nitrogens with zero attached hydrogens (tertiary/aromatic N) is 1. The maximum atomic E-state index is 13.0. The summed E-state index contributed by atoms with van der Waals surface area (Å²) in [6.07, 6.45) is 0.919. The molecule has 0 bridgehead atoms. The van der Waals surface area contributed by atoms with Gasteiger partial charge in [-0.1, -0.05) is 11.6 Å². The lowest BCUT2D eigenvalue weighted by molar-refractivity contribution is 0.102. The molecule has 1 amide bonds. The lowest BCUT2D eigenvalue weighted by atomic mass is 10.2. The molecule has 0 atom stereocenters. The number of carbonyl (C=O) groups is 1. The Morgan fingerprint density at radius 2 is 2.00 bits per heavy atom. The van der Waals surface area contributed by atoms with Crippen LogP contribution in [0.1, 0.15) is 15.9 Å². The van der Waals surface area contributed by atoms with Crippen LogP contribution >= 0.6 is 11.6 Å². The molecule has 1 aromatic heterocycles. The van der Waals surface area contributed by atoms with Gasteiger partial charge in [-0.25, -0.2) is 13.8 Å². The van der Waals surface area contributed by atoms with Crippen LogP contribution in [-0.4, -0.2) is 10.9 Å². The first-order chi connectivity index (χ1) is 8.97. The quantitative estimate of drug-likeness (QED) is 0.856. The number of aryl methyl sites for hydroxylation is 1. The molecule has 19 heavy (non-hydrogen) atoms. The Balaban J connectivity index is 2.28. The molecule has 0 saturated heterocycles. The van der Waals surface area contributed by atoms with Crippen molar-refractivity contribution in [2.45, 2.75) is 6.92 Å². The number of amides is 1. The molecule has 98 valence electrons. The predicted molar refractivity (Wildman–Crippen MR) is 68.3 cm³/mol. The molecule has 0 saturated carbocycles. The third kappa shape index (κ3) is 3.06. The number of rotatable bonds is 2. The van der Waals surface area contributed by atoms with Gasteiger partial charge in [0, 0.05) is 5.69 Å². The zero-order valence-electron chi connectivity index (χ0n) is 9.88. The maximum Gasteiger partial charge on any atom is 0.258 e. The van der Waals surface area contributed by atoms with Gasteiger partial charge in [-0.05, 0) is 36.8 Å². The van der Waals surface area contributed by atoms with Gasteiger partial charge in [0.15, 0.2) is 0 Å². The Bertz CT molecular complexity index is 647. The number of nitrogens with one attached hydrogen (secondary N) is 1. The fourth-order valence-electron chi connectivity index (χ4n) is 1.54. The minimum absolute atomic E-state index is 0.0783. The molecular formula is C13H9ClF2N2O. The average molecular weight is 283 g/mol. The van der Waals surface area contributed by atoms with E-state index in [-0.39, 0.29) is 10.7 Å². The SMILES string of the molecule is Cc1cc(F)ccc1NC(=O)c1cc(F)cnc1Cl. The van der Waals surface area contributed by atoms with E-state index >= 15 is 0 Å². The molecule has 2 aromatic rings. The van der Waals surface area contributed by atoms with Gasteiger partial charge in [-0.2, -0.15) is 0 Å². The van der Waals surface area contributed by atoms with Crippen LogP contribution in [0.25, 0.3) is 0 Å². The first kappa shape index (κ1) is 13.4. The Morgan fingerprint density at radius 1 is 1.26 bits per heavy atom. The van der Waals surface area contributed by atoms with Crippen molar-refractivity contribution in [3.63, 3.8) is 0 Å². The zero-order chi connectivity index (χ0) is 14.0. The van der Waals surface area contributed by atoms with Crippen molar-refractivity contribution in [3.05, 3.63) is 58.4 Å². The second-order valence-electron chi connectivity index (χ2n) is 3.91. The Labute approximate surface area is 113 Å². The van der Waals surface area contributed by atoms with E-state index in [0.29, 0.717) is 11.3 Å². The number of pyridine rings is 1. The summed E-state index contributed by atoms with van der Waals surface area (Å²) in [7, 11) is 0. The monoisotopic (exact) mass is 282 g/mol. The molecule has 0 unspecified atom stereocenters. The Kier molecular flexibility index (Phi) is 3.76. The molecule has 1 heterocycles. The Hall–Kier alpha value is -2.01. The molecule has 3 nitrogen and oxygen atoms in total. The molecule has 0 fully saturated rings. The zero-order valence-corrected chi connectivity index (χ0v) is 10.6. The van der Waals surface area contributed by atoms with E-state index in [0.717, 1.165) is 12.3 Å². The molecule has 1 N–H and O–H groups in total. The minimum Gasteiger partial charge on any atom is -0.322 e. The van der Waals surface area contributed by atoms with Crippen molar-refractivity contribution in [2.75, 3.05) is 5.32 Å². The van der Waals surface area contributed by atoms with Crippen LogP contribution in [-0.2, 0) is 0 Å². The Morgan fingerprint density at radius 3 is 2.68 bits per heavy atom. The van der Waals surface area contributed by atoms with Crippen LogP contribution in [0.3, 0.4) is 0 Å². The van der Waals surface area contributed by atoms with Crippen molar-refractivity contribution in [3.8, 4) is 0 Å². The largest absolute Gasteiger partial charge is 0.322 e. The van der Waals surface area contributed by atoms with E-state index in [1.54, 1.807) is 6.92 Å². The number of halogens is 3. The smallest absolute Gasteiger partial charge is 0.258 e. The van der Waals surface area contributed by atoms with Gasteiger partial charge in [0.25, 0.3) is 5.91 Å². The molecule has 0 aliphatic carbocycles. The maximum absolute atomic E-state index is 13.0. The van der Waals surface area contributed by atoms with Gasteiger partial charge < -0.3 is 5.32 Å². The summed E-state index contributed by atoms with van der Waals surface area (Å²) in [5, 5.41) is 2.43. The van der Waals surface area contributed by atoms with E-state index in [2.05, 4.69) is 10.3 Å². The summed E-state index contributed by atoms with van der Waals surface area (Å²) in [5.41, 5.74) is 0.894. The van der Waals surface area contributed by atoms with Crippen LogP contribution in [0.15, 0.2) is 30.5 Å². The molecule has 6 heteroatoms. The fraction of sp³-hybridized carbons (Fsp3) is 0.0769. The first-order valence-electron chi connectivity index (χ1n) is 5.36. The second-order valence-corrected chi connectivity index (χ2v) is 4.26. The van der Waals surface area contributed by atoms with Crippen LogP contribution in [0.4, 0.5) is 14.5 Å². The molecule has 0 spiro atoms. The van der Waals surface area contributed by atoms with Crippen LogP contribution < -0.4 is 5.32 Å². The number of benzene rings is 1. The molecule has 0 aliphatic heterocycles. The average Bonchev–Trinajstić information content (AvgIpc) is 2.35. The molecule has 2 rings (SSSR count). The van der Waals surface area contributed by atoms with Crippen molar-refractivity contribution in [1.29, 1.82) is 0 Å².